The van der Waals surface area contributed by atoms with Gasteiger partial charge in [0.2, 0.25) is 0 Å². The molecule has 2 aromatic carbocycles. The first-order chi connectivity index (χ1) is 12.0. The Bertz CT molecular complexity index is 776. The number of carbonyl (C=O) groups is 2. The van der Waals surface area contributed by atoms with E-state index in [9.17, 15) is 9.59 Å². The highest BCUT2D eigenvalue weighted by atomic mass is 32.2. The summed E-state index contributed by atoms with van der Waals surface area (Å²) in [6.07, 6.45) is 0. The Balaban J connectivity index is 1.55. The summed E-state index contributed by atoms with van der Waals surface area (Å²) in [5.41, 5.74) is 4.14. The Morgan fingerprint density at radius 3 is 2.48 bits per heavy atom. The summed E-state index contributed by atoms with van der Waals surface area (Å²) in [5.74, 6) is -0.193. The predicted molar refractivity (Wildman–Crippen MR) is 103 cm³/mol. The number of nitrogens with one attached hydrogen (secondary N) is 2. The second-order valence-electron chi connectivity index (χ2n) is 6.06. The number of aryl methyl sites for hydroxylation is 2. The first-order valence-corrected chi connectivity index (χ1v) is 9.06. The largest absolute Gasteiger partial charge is 0.383 e. The topological polar surface area (TPSA) is 61.4 Å². The van der Waals surface area contributed by atoms with Crippen LogP contribution < -0.4 is 10.6 Å². The molecule has 0 saturated carbocycles. The lowest BCUT2D eigenvalue weighted by molar-refractivity contribution is -0.126. The average molecular weight is 355 g/mol. The molecule has 1 saturated heterocycles. The zero-order valence-electron chi connectivity index (χ0n) is 14.3. The highest BCUT2D eigenvalue weighted by molar-refractivity contribution is 8.15. The normalized spacial score (nSPS) is 17.0. The van der Waals surface area contributed by atoms with Crippen molar-refractivity contribution in [1.29, 1.82) is 0 Å². The van der Waals surface area contributed by atoms with Crippen molar-refractivity contribution in [2.24, 2.45) is 0 Å². The molecular formula is C19H21N3O2S. The Morgan fingerprint density at radius 2 is 1.76 bits per heavy atom. The molecule has 6 heteroatoms. The molecular weight excluding hydrogens is 334 g/mol. The Kier molecular flexibility index (Phi) is 5.28. The smallest absolute Gasteiger partial charge is 0.290 e. The third kappa shape index (κ3) is 4.33. The van der Waals surface area contributed by atoms with Gasteiger partial charge in [0.25, 0.3) is 11.1 Å². The van der Waals surface area contributed by atoms with Crippen LogP contribution >= 0.6 is 11.8 Å². The van der Waals surface area contributed by atoms with Crippen molar-refractivity contribution in [3.8, 4) is 0 Å². The lowest BCUT2D eigenvalue weighted by atomic mass is 10.2. The molecule has 0 aliphatic carbocycles. The number of nitrogens with zero attached hydrogens (tertiary/aromatic N) is 1. The standard InChI is InChI=1S/C19H21N3O2S/c1-13-6-8-15(9-7-13)21-17-18(23)22(19(24)25-17)11-10-20-16-5-3-4-14(2)12-16/h3-9,12,17,20-21H,10-11H2,1-2H3. The Hall–Kier alpha value is -2.47. The molecule has 1 unspecified atom stereocenters. The van der Waals surface area contributed by atoms with Gasteiger partial charge in [-0.2, -0.15) is 0 Å². The SMILES string of the molecule is Cc1ccc(NC2SC(=O)N(CCNc3cccc(C)c3)C2=O)cc1. The third-order valence-electron chi connectivity index (χ3n) is 3.96. The van der Waals surface area contributed by atoms with Gasteiger partial charge in [-0.1, -0.05) is 29.8 Å². The summed E-state index contributed by atoms with van der Waals surface area (Å²) < 4.78 is 0. The second-order valence-corrected chi connectivity index (χ2v) is 7.12. The summed E-state index contributed by atoms with van der Waals surface area (Å²) in [6.45, 7) is 4.91. The van der Waals surface area contributed by atoms with Crippen LogP contribution in [0.15, 0.2) is 48.5 Å². The number of amides is 2. The van der Waals surface area contributed by atoms with Crippen LogP contribution in [0.25, 0.3) is 0 Å². The number of rotatable bonds is 6. The van der Waals surface area contributed by atoms with E-state index in [2.05, 4.69) is 10.6 Å². The van der Waals surface area contributed by atoms with Crippen LogP contribution in [0.1, 0.15) is 11.1 Å². The second kappa shape index (κ2) is 7.61. The number of hydrogen-bond acceptors (Lipinski definition) is 5. The van der Waals surface area contributed by atoms with E-state index in [1.807, 2.05) is 62.4 Å². The van der Waals surface area contributed by atoms with Gasteiger partial charge in [0.15, 0.2) is 5.37 Å². The van der Waals surface area contributed by atoms with E-state index in [4.69, 9.17) is 0 Å². The number of benzene rings is 2. The van der Waals surface area contributed by atoms with Gasteiger partial charge in [-0.25, -0.2) is 0 Å². The molecule has 0 bridgehead atoms. The summed E-state index contributed by atoms with van der Waals surface area (Å²) in [4.78, 5) is 25.9. The molecule has 0 aromatic heterocycles. The first kappa shape index (κ1) is 17.4. The van der Waals surface area contributed by atoms with Gasteiger partial charge in [-0.05, 0) is 55.4 Å². The van der Waals surface area contributed by atoms with E-state index in [-0.39, 0.29) is 11.1 Å². The van der Waals surface area contributed by atoms with Gasteiger partial charge in [0.1, 0.15) is 0 Å². The number of anilines is 2. The van der Waals surface area contributed by atoms with E-state index < -0.39 is 5.37 Å². The quantitative estimate of drug-likeness (QED) is 0.824. The summed E-state index contributed by atoms with van der Waals surface area (Å²) in [6, 6.07) is 15.8. The van der Waals surface area contributed by atoms with Crippen LogP contribution in [0.3, 0.4) is 0 Å². The van der Waals surface area contributed by atoms with Gasteiger partial charge >= 0.3 is 0 Å². The van der Waals surface area contributed by atoms with Crippen LogP contribution in [-0.4, -0.2) is 34.5 Å². The van der Waals surface area contributed by atoms with Crippen molar-refractivity contribution in [2.45, 2.75) is 19.2 Å². The van der Waals surface area contributed by atoms with E-state index in [1.165, 1.54) is 4.90 Å². The van der Waals surface area contributed by atoms with Gasteiger partial charge in [0.05, 0.1) is 0 Å². The molecule has 3 rings (SSSR count). The highest BCUT2D eigenvalue weighted by Gasteiger charge is 2.39. The fraction of sp³-hybridized carbons (Fsp3) is 0.263. The lowest BCUT2D eigenvalue weighted by Crippen LogP contribution is -2.37. The lowest BCUT2D eigenvalue weighted by Gasteiger charge is -2.16. The average Bonchev–Trinajstić information content (AvgIpc) is 2.84. The molecule has 0 spiro atoms. The van der Waals surface area contributed by atoms with E-state index in [0.29, 0.717) is 13.1 Å². The molecule has 1 fully saturated rings. The van der Waals surface area contributed by atoms with Crippen LogP contribution in [0.2, 0.25) is 0 Å². The van der Waals surface area contributed by atoms with Crippen LogP contribution in [0.5, 0.6) is 0 Å². The number of hydrogen-bond donors (Lipinski definition) is 2. The van der Waals surface area contributed by atoms with Crippen molar-refractivity contribution in [1.82, 2.24) is 4.90 Å². The highest BCUT2D eigenvalue weighted by Crippen LogP contribution is 2.28. The molecule has 5 nitrogen and oxygen atoms in total. The van der Waals surface area contributed by atoms with Crippen molar-refractivity contribution >= 4 is 34.3 Å². The number of thioether (sulfide) groups is 1. The first-order valence-electron chi connectivity index (χ1n) is 8.19. The number of imide groups is 1. The molecule has 2 aromatic rings. The number of carbonyl (C=O) groups excluding carboxylic acids is 2. The maximum Gasteiger partial charge on any atom is 0.290 e. The van der Waals surface area contributed by atoms with Gasteiger partial charge in [0, 0.05) is 24.5 Å². The van der Waals surface area contributed by atoms with Crippen LogP contribution in [0, 0.1) is 13.8 Å². The Labute approximate surface area is 151 Å². The summed E-state index contributed by atoms with van der Waals surface area (Å²) >= 11 is 1.03. The van der Waals surface area contributed by atoms with Gasteiger partial charge in [-0.3, -0.25) is 14.5 Å². The maximum absolute atomic E-state index is 12.5. The molecule has 130 valence electrons. The molecule has 1 aliphatic heterocycles. The van der Waals surface area contributed by atoms with Crippen LogP contribution in [-0.2, 0) is 4.79 Å². The van der Waals surface area contributed by atoms with Gasteiger partial charge in [-0.15, -0.1) is 0 Å². The minimum Gasteiger partial charge on any atom is -0.383 e. The fourth-order valence-electron chi connectivity index (χ4n) is 2.61. The molecule has 2 N–H and O–H groups in total. The molecule has 1 heterocycles. The van der Waals surface area contributed by atoms with E-state index >= 15 is 0 Å². The zero-order valence-corrected chi connectivity index (χ0v) is 15.1. The van der Waals surface area contributed by atoms with E-state index in [0.717, 1.165) is 34.3 Å². The third-order valence-corrected chi connectivity index (χ3v) is 4.94. The van der Waals surface area contributed by atoms with E-state index in [1.54, 1.807) is 0 Å². The van der Waals surface area contributed by atoms with Crippen LogP contribution in [0.4, 0.5) is 16.2 Å². The summed E-state index contributed by atoms with van der Waals surface area (Å²) in [5, 5.41) is 5.60. The molecule has 0 radical (unpaired) electrons. The van der Waals surface area contributed by atoms with Crippen molar-refractivity contribution in [2.75, 3.05) is 23.7 Å². The maximum atomic E-state index is 12.5. The molecule has 25 heavy (non-hydrogen) atoms. The fourth-order valence-corrected chi connectivity index (χ4v) is 3.54. The Morgan fingerprint density at radius 1 is 1.00 bits per heavy atom. The van der Waals surface area contributed by atoms with Gasteiger partial charge < -0.3 is 10.6 Å². The van der Waals surface area contributed by atoms with Crippen molar-refractivity contribution in [3.63, 3.8) is 0 Å². The van der Waals surface area contributed by atoms with Crippen molar-refractivity contribution < 1.29 is 9.59 Å². The molecule has 1 aliphatic rings. The zero-order chi connectivity index (χ0) is 17.8. The minimum absolute atomic E-state index is 0.193. The summed E-state index contributed by atoms with van der Waals surface area (Å²) in [7, 11) is 0. The molecule has 2 amide bonds. The monoisotopic (exact) mass is 355 g/mol. The molecule has 1 atom stereocenters. The minimum atomic E-state index is -0.561. The van der Waals surface area contributed by atoms with Crippen molar-refractivity contribution in [3.05, 3.63) is 59.7 Å². The predicted octanol–water partition coefficient (Wildman–Crippen LogP) is 3.85.